The molecule has 12 heavy (non-hydrogen) atoms. The largest absolute Gasteiger partial charge is 0.313 e. The van der Waals surface area contributed by atoms with Crippen LogP contribution in [0.3, 0.4) is 0 Å². The van der Waals surface area contributed by atoms with Crippen LogP contribution in [-0.2, 0) is 0 Å². The molecule has 0 aromatic carbocycles. The molecule has 0 heterocycles. The highest BCUT2D eigenvalue weighted by molar-refractivity contribution is 7.99. The van der Waals surface area contributed by atoms with Gasteiger partial charge in [-0.25, -0.2) is 0 Å². The van der Waals surface area contributed by atoms with Gasteiger partial charge in [-0.3, -0.25) is 0 Å². The summed E-state index contributed by atoms with van der Waals surface area (Å²) < 4.78 is 0. The average molecular weight is 186 g/mol. The topological polar surface area (TPSA) is 49.8 Å². The normalized spacial score (nSPS) is 18.4. The SMILES string of the molecule is CC(C)C(C)SCC(C)(N)C#N. The first-order valence-electron chi connectivity index (χ1n) is 4.21. The van der Waals surface area contributed by atoms with Crippen molar-refractivity contribution in [2.24, 2.45) is 11.7 Å². The van der Waals surface area contributed by atoms with E-state index >= 15 is 0 Å². The third-order valence-corrected chi connectivity index (χ3v) is 3.68. The van der Waals surface area contributed by atoms with Crippen molar-refractivity contribution in [3.05, 3.63) is 0 Å². The van der Waals surface area contributed by atoms with E-state index in [4.69, 9.17) is 11.0 Å². The van der Waals surface area contributed by atoms with Gasteiger partial charge in [0.2, 0.25) is 0 Å². The van der Waals surface area contributed by atoms with E-state index in [1.807, 2.05) is 0 Å². The molecule has 0 saturated carbocycles. The third-order valence-electron chi connectivity index (χ3n) is 1.84. The molecule has 2 N–H and O–H groups in total. The minimum absolute atomic E-state index is 0.571. The molecule has 0 aliphatic carbocycles. The number of rotatable bonds is 4. The van der Waals surface area contributed by atoms with Crippen molar-refractivity contribution >= 4 is 11.8 Å². The second-order valence-corrected chi connectivity index (χ2v) is 5.15. The second-order valence-electron chi connectivity index (χ2n) is 3.79. The minimum Gasteiger partial charge on any atom is -0.313 e. The smallest absolute Gasteiger partial charge is 0.110 e. The molecule has 3 heteroatoms. The minimum atomic E-state index is -0.673. The van der Waals surface area contributed by atoms with E-state index in [0.717, 1.165) is 0 Å². The van der Waals surface area contributed by atoms with E-state index in [1.165, 1.54) is 0 Å². The molecule has 0 saturated heterocycles. The van der Waals surface area contributed by atoms with Crippen LogP contribution in [-0.4, -0.2) is 16.5 Å². The number of nitriles is 1. The summed E-state index contributed by atoms with van der Waals surface area (Å²) in [7, 11) is 0. The van der Waals surface area contributed by atoms with Crippen molar-refractivity contribution in [3.8, 4) is 6.07 Å². The van der Waals surface area contributed by atoms with Crippen LogP contribution in [0.25, 0.3) is 0 Å². The van der Waals surface area contributed by atoms with Gasteiger partial charge in [0.15, 0.2) is 0 Å². The zero-order chi connectivity index (χ0) is 9.78. The molecule has 0 radical (unpaired) electrons. The maximum absolute atomic E-state index is 8.66. The van der Waals surface area contributed by atoms with Gasteiger partial charge < -0.3 is 5.73 Å². The Morgan fingerprint density at radius 2 is 2.00 bits per heavy atom. The Kier molecular flexibility index (Phi) is 4.66. The highest BCUT2D eigenvalue weighted by Crippen LogP contribution is 2.21. The first-order valence-corrected chi connectivity index (χ1v) is 5.25. The Bertz CT molecular complexity index is 170. The van der Waals surface area contributed by atoms with Gasteiger partial charge in [-0.2, -0.15) is 17.0 Å². The number of nitrogens with two attached hydrogens (primary N) is 1. The molecular weight excluding hydrogens is 168 g/mol. The lowest BCUT2D eigenvalue weighted by molar-refractivity contribution is 0.632. The first kappa shape index (κ1) is 11.8. The standard InChI is InChI=1S/C9H18N2S/c1-7(2)8(3)12-6-9(4,11)5-10/h7-8H,6,11H2,1-4H3. The summed E-state index contributed by atoms with van der Waals surface area (Å²) in [5, 5.41) is 9.23. The molecule has 0 fully saturated rings. The van der Waals surface area contributed by atoms with Gasteiger partial charge in [0.05, 0.1) is 6.07 Å². The molecule has 2 unspecified atom stereocenters. The van der Waals surface area contributed by atoms with Gasteiger partial charge in [-0.15, -0.1) is 0 Å². The lowest BCUT2D eigenvalue weighted by Crippen LogP contribution is -2.37. The van der Waals surface area contributed by atoms with Crippen molar-refractivity contribution in [2.45, 2.75) is 38.5 Å². The van der Waals surface area contributed by atoms with E-state index in [0.29, 0.717) is 16.9 Å². The highest BCUT2D eigenvalue weighted by atomic mass is 32.2. The Morgan fingerprint density at radius 3 is 2.33 bits per heavy atom. The van der Waals surface area contributed by atoms with Gasteiger partial charge >= 0.3 is 0 Å². The fourth-order valence-electron chi connectivity index (χ4n) is 0.529. The lowest BCUT2D eigenvalue weighted by Gasteiger charge is -2.20. The van der Waals surface area contributed by atoms with Crippen molar-refractivity contribution in [3.63, 3.8) is 0 Å². The Balaban J connectivity index is 3.77. The van der Waals surface area contributed by atoms with Crippen LogP contribution < -0.4 is 5.73 Å². The number of thioether (sulfide) groups is 1. The predicted octanol–water partition coefficient (Wildman–Crippen LogP) is 2.01. The Morgan fingerprint density at radius 1 is 1.50 bits per heavy atom. The fourth-order valence-corrected chi connectivity index (χ4v) is 1.59. The van der Waals surface area contributed by atoms with Crippen LogP contribution in [0.5, 0.6) is 0 Å². The molecule has 70 valence electrons. The fraction of sp³-hybridized carbons (Fsp3) is 0.889. The third kappa shape index (κ3) is 4.63. The molecule has 0 amide bonds. The Labute approximate surface area is 79.5 Å². The summed E-state index contributed by atoms with van der Waals surface area (Å²) in [6.45, 7) is 8.30. The molecule has 0 rings (SSSR count). The zero-order valence-electron chi connectivity index (χ0n) is 8.29. The first-order chi connectivity index (χ1) is 5.39. The summed E-state index contributed by atoms with van der Waals surface area (Å²) >= 11 is 1.77. The van der Waals surface area contributed by atoms with E-state index in [-0.39, 0.29) is 0 Å². The molecule has 0 aliphatic rings. The van der Waals surface area contributed by atoms with Crippen LogP contribution >= 0.6 is 11.8 Å². The van der Waals surface area contributed by atoms with E-state index in [1.54, 1.807) is 18.7 Å². The van der Waals surface area contributed by atoms with Crippen molar-refractivity contribution in [1.82, 2.24) is 0 Å². The molecular formula is C9H18N2S. The van der Waals surface area contributed by atoms with E-state index in [2.05, 4.69) is 26.8 Å². The van der Waals surface area contributed by atoms with Crippen LogP contribution in [0, 0.1) is 17.2 Å². The monoisotopic (exact) mass is 186 g/mol. The molecule has 0 aromatic rings. The summed E-state index contributed by atoms with van der Waals surface area (Å²) in [6.07, 6.45) is 0. The lowest BCUT2D eigenvalue weighted by atomic mass is 10.1. The molecule has 2 nitrogen and oxygen atoms in total. The Hall–Kier alpha value is -0.200. The van der Waals surface area contributed by atoms with Crippen molar-refractivity contribution < 1.29 is 0 Å². The van der Waals surface area contributed by atoms with Crippen LogP contribution in [0.2, 0.25) is 0 Å². The molecule has 0 bridgehead atoms. The summed E-state index contributed by atoms with van der Waals surface area (Å²) in [4.78, 5) is 0. The molecule has 2 atom stereocenters. The van der Waals surface area contributed by atoms with Gasteiger partial charge in [0.1, 0.15) is 5.54 Å². The van der Waals surface area contributed by atoms with Crippen LogP contribution in [0.15, 0.2) is 0 Å². The van der Waals surface area contributed by atoms with Crippen molar-refractivity contribution in [1.29, 1.82) is 5.26 Å². The summed E-state index contributed by atoms with van der Waals surface area (Å²) in [5.41, 5.74) is 5.01. The maximum atomic E-state index is 8.66. The summed E-state index contributed by atoms with van der Waals surface area (Å²) in [6, 6.07) is 2.09. The maximum Gasteiger partial charge on any atom is 0.110 e. The average Bonchev–Trinajstić information content (AvgIpc) is 2.00. The van der Waals surface area contributed by atoms with Gasteiger partial charge in [0.25, 0.3) is 0 Å². The van der Waals surface area contributed by atoms with Crippen LogP contribution in [0.4, 0.5) is 0 Å². The number of hydrogen-bond acceptors (Lipinski definition) is 3. The summed E-state index contributed by atoms with van der Waals surface area (Å²) in [5.74, 6) is 1.35. The zero-order valence-corrected chi connectivity index (χ0v) is 9.11. The van der Waals surface area contributed by atoms with Crippen molar-refractivity contribution in [2.75, 3.05) is 5.75 Å². The number of hydrogen-bond donors (Lipinski definition) is 1. The molecule has 0 spiro atoms. The van der Waals surface area contributed by atoms with E-state index in [9.17, 15) is 0 Å². The second kappa shape index (κ2) is 4.74. The predicted molar refractivity (Wildman–Crippen MR) is 55.0 cm³/mol. The number of nitrogens with zero attached hydrogens (tertiary/aromatic N) is 1. The molecule has 0 aromatic heterocycles. The highest BCUT2D eigenvalue weighted by Gasteiger charge is 2.19. The van der Waals surface area contributed by atoms with E-state index < -0.39 is 5.54 Å². The van der Waals surface area contributed by atoms with Gasteiger partial charge in [-0.05, 0) is 12.8 Å². The molecule has 0 aliphatic heterocycles. The van der Waals surface area contributed by atoms with Gasteiger partial charge in [0, 0.05) is 11.0 Å². The van der Waals surface area contributed by atoms with Crippen LogP contribution in [0.1, 0.15) is 27.7 Å². The quantitative estimate of drug-likeness (QED) is 0.730. The van der Waals surface area contributed by atoms with Gasteiger partial charge in [-0.1, -0.05) is 20.8 Å².